The van der Waals surface area contributed by atoms with Gasteiger partial charge in [-0.3, -0.25) is 4.79 Å². The van der Waals surface area contributed by atoms with Crippen LogP contribution in [0.25, 0.3) is 0 Å². The standard InChI is InChI=1S/C19H20O3/c1-18(2)13-19(17(20)21-3,14-9-5-4-6-10-14)15-11-7-8-12-16(15)22-18/h4-12H,13H2,1-3H3. The summed E-state index contributed by atoms with van der Waals surface area (Å²) in [6.45, 7) is 4.01. The number of rotatable bonds is 2. The van der Waals surface area contributed by atoms with Gasteiger partial charge in [-0.2, -0.15) is 0 Å². The molecule has 2 aromatic carbocycles. The lowest BCUT2D eigenvalue weighted by molar-refractivity contribution is -0.148. The van der Waals surface area contributed by atoms with Crippen molar-refractivity contribution in [2.45, 2.75) is 31.3 Å². The molecular formula is C19H20O3. The van der Waals surface area contributed by atoms with Crippen molar-refractivity contribution in [2.24, 2.45) is 0 Å². The zero-order valence-electron chi connectivity index (χ0n) is 13.1. The van der Waals surface area contributed by atoms with E-state index in [1.165, 1.54) is 7.11 Å². The number of methoxy groups -OCH3 is 1. The summed E-state index contributed by atoms with van der Waals surface area (Å²) in [6.07, 6.45) is 0.535. The summed E-state index contributed by atoms with van der Waals surface area (Å²) < 4.78 is 11.3. The molecule has 1 aliphatic heterocycles. The number of para-hydroxylation sites is 1. The van der Waals surface area contributed by atoms with E-state index in [2.05, 4.69) is 0 Å². The molecule has 0 aromatic heterocycles. The number of carbonyl (C=O) groups excluding carboxylic acids is 1. The molecule has 1 unspecified atom stereocenters. The van der Waals surface area contributed by atoms with E-state index in [9.17, 15) is 4.79 Å². The van der Waals surface area contributed by atoms with E-state index in [1.54, 1.807) is 0 Å². The highest BCUT2D eigenvalue weighted by Crippen LogP contribution is 2.49. The molecule has 1 heterocycles. The summed E-state index contributed by atoms with van der Waals surface area (Å²) in [6, 6.07) is 17.5. The summed E-state index contributed by atoms with van der Waals surface area (Å²) in [5, 5.41) is 0. The Morgan fingerprint density at radius 2 is 1.68 bits per heavy atom. The van der Waals surface area contributed by atoms with Gasteiger partial charge in [0.25, 0.3) is 0 Å². The summed E-state index contributed by atoms with van der Waals surface area (Å²) in [5.41, 5.74) is 0.505. The van der Waals surface area contributed by atoms with Crippen LogP contribution in [0.1, 0.15) is 31.4 Å². The Bertz CT molecular complexity index is 691. The fourth-order valence-corrected chi connectivity index (χ4v) is 3.43. The van der Waals surface area contributed by atoms with E-state index < -0.39 is 11.0 Å². The smallest absolute Gasteiger partial charge is 0.321 e. The average molecular weight is 296 g/mol. The van der Waals surface area contributed by atoms with Gasteiger partial charge in [-0.25, -0.2) is 0 Å². The van der Waals surface area contributed by atoms with E-state index in [1.807, 2.05) is 68.4 Å². The second-order valence-corrected chi connectivity index (χ2v) is 6.30. The zero-order chi connectivity index (χ0) is 15.8. The lowest BCUT2D eigenvalue weighted by Crippen LogP contribution is -2.50. The Balaban J connectivity index is 2.32. The fraction of sp³-hybridized carbons (Fsp3) is 0.316. The van der Waals surface area contributed by atoms with Gasteiger partial charge >= 0.3 is 5.97 Å². The van der Waals surface area contributed by atoms with Crippen LogP contribution < -0.4 is 4.74 Å². The first-order valence-corrected chi connectivity index (χ1v) is 7.42. The summed E-state index contributed by atoms with van der Waals surface area (Å²) >= 11 is 0. The minimum atomic E-state index is -0.839. The van der Waals surface area contributed by atoms with Gasteiger partial charge in [-0.05, 0) is 25.5 Å². The summed E-state index contributed by atoms with van der Waals surface area (Å²) in [7, 11) is 1.44. The molecule has 0 spiro atoms. The van der Waals surface area contributed by atoms with Crippen molar-refractivity contribution in [3.05, 3.63) is 65.7 Å². The maximum Gasteiger partial charge on any atom is 0.321 e. The number of hydrogen-bond acceptors (Lipinski definition) is 3. The van der Waals surface area contributed by atoms with E-state index in [0.29, 0.717) is 6.42 Å². The molecule has 3 rings (SSSR count). The molecule has 0 bridgehead atoms. The van der Waals surface area contributed by atoms with Crippen LogP contribution in [0.15, 0.2) is 54.6 Å². The van der Waals surface area contributed by atoms with Gasteiger partial charge in [0.1, 0.15) is 16.8 Å². The molecule has 0 radical (unpaired) electrons. The number of carbonyl (C=O) groups is 1. The van der Waals surface area contributed by atoms with Gasteiger partial charge in [-0.1, -0.05) is 48.5 Å². The summed E-state index contributed by atoms with van der Waals surface area (Å²) in [4.78, 5) is 12.9. The molecule has 0 N–H and O–H groups in total. The normalized spacial score (nSPS) is 22.3. The second-order valence-electron chi connectivity index (χ2n) is 6.30. The quantitative estimate of drug-likeness (QED) is 0.793. The van der Waals surface area contributed by atoms with Crippen molar-refractivity contribution < 1.29 is 14.3 Å². The van der Waals surface area contributed by atoms with Crippen molar-refractivity contribution >= 4 is 5.97 Å². The highest BCUT2D eigenvalue weighted by molar-refractivity contribution is 5.89. The van der Waals surface area contributed by atoms with Crippen LogP contribution in [-0.4, -0.2) is 18.7 Å². The molecule has 0 saturated carbocycles. The monoisotopic (exact) mass is 296 g/mol. The first-order chi connectivity index (χ1) is 10.5. The lowest BCUT2D eigenvalue weighted by Gasteiger charge is -2.44. The number of hydrogen-bond donors (Lipinski definition) is 0. The van der Waals surface area contributed by atoms with E-state index >= 15 is 0 Å². The maximum atomic E-state index is 12.9. The van der Waals surface area contributed by atoms with E-state index in [-0.39, 0.29) is 5.97 Å². The van der Waals surface area contributed by atoms with Crippen LogP contribution in [0.2, 0.25) is 0 Å². The van der Waals surface area contributed by atoms with Gasteiger partial charge < -0.3 is 9.47 Å². The first kappa shape index (κ1) is 14.6. The molecule has 3 heteroatoms. The number of esters is 1. The molecule has 3 nitrogen and oxygen atoms in total. The molecule has 0 amide bonds. The number of benzene rings is 2. The van der Waals surface area contributed by atoms with Gasteiger partial charge in [0.05, 0.1) is 7.11 Å². The molecule has 0 saturated heterocycles. The molecule has 114 valence electrons. The van der Waals surface area contributed by atoms with Crippen molar-refractivity contribution in [1.29, 1.82) is 0 Å². The van der Waals surface area contributed by atoms with Crippen molar-refractivity contribution in [1.82, 2.24) is 0 Å². The zero-order valence-corrected chi connectivity index (χ0v) is 13.1. The van der Waals surface area contributed by atoms with Crippen LogP contribution in [0.4, 0.5) is 0 Å². The van der Waals surface area contributed by atoms with Gasteiger partial charge in [-0.15, -0.1) is 0 Å². The molecule has 1 atom stereocenters. The second kappa shape index (κ2) is 5.16. The Morgan fingerprint density at radius 1 is 1.05 bits per heavy atom. The topological polar surface area (TPSA) is 35.5 Å². The average Bonchev–Trinajstić information content (AvgIpc) is 2.53. The van der Waals surface area contributed by atoms with Gasteiger partial charge in [0, 0.05) is 12.0 Å². The first-order valence-electron chi connectivity index (χ1n) is 7.42. The Morgan fingerprint density at radius 3 is 2.36 bits per heavy atom. The number of ether oxygens (including phenoxy) is 2. The van der Waals surface area contributed by atoms with Crippen molar-refractivity contribution in [3.8, 4) is 5.75 Å². The molecule has 0 fully saturated rings. The molecule has 1 aliphatic rings. The Hall–Kier alpha value is -2.29. The van der Waals surface area contributed by atoms with Crippen LogP contribution in [-0.2, 0) is 14.9 Å². The van der Waals surface area contributed by atoms with E-state index in [4.69, 9.17) is 9.47 Å². The molecular weight excluding hydrogens is 276 g/mol. The highest BCUT2D eigenvalue weighted by atomic mass is 16.5. The third kappa shape index (κ3) is 2.17. The minimum absolute atomic E-state index is 0.248. The van der Waals surface area contributed by atoms with Gasteiger partial charge in [0.15, 0.2) is 0 Å². The molecule has 2 aromatic rings. The SMILES string of the molecule is COC(=O)C1(c2ccccc2)CC(C)(C)Oc2ccccc21. The maximum absolute atomic E-state index is 12.9. The van der Waals surface area contributed by atoms with Crippen LogP contribution >= 0.6 is 0 Å². The Kier molecular flexibility index (Phi) is 3.44. The predicted molar refractivity (Wildman–Crippen MR) is 85.0 cm³/mol. The number of fused-ring (bicyclic) bond motifs is 1. The lowest BCUT2D eigenvalue weighted by atomic mass is 9.66. The largest absolute Gasteiger partial charge is 0.487 e. The molecule has 0 aliphatic carbocycles. The highest BCUT2D eigenvalue weighted by Gasteiger charge is 2.52. The van der Waals surface area contributed by atoms with Crippen LogP contribution in [0.3, 0.4) is 0 Å². The van der Waals surface area contributed by atoms with Crippen molar-refractivity contribution in [3.63, 3.8) is 0 Å². The van der Waals surface area contributed by atoms with E-state index in [0.717, 1.165) is 16.9 Å². The third-order valence-corrected chi connectivity index (χ3v) is 4.22. The van der Waals surface area contributed by atoms with Crippen molar-refractivity contribution in [2.75, 3.05) is 7.11 Å². The third-order valence-electron chi connectivity index (χ3n) is 4.22. The molecule has 22 heavy (non-hydrogen) atoms. The minimum Gasteiger partial charge on any atom is -0.487 e. The fourth-order valence-electron chi connectivity index (χ4n) is 3.43. The van der Waals surface area contributed by atoms with Crippen LogP contribution in [0.5, 0.6) is 5.75 Å². The summed E-state index contributed by atoms with van der Waals surface area (Å²) in [5.74, 6) is 0.496. The predicted octanol–water partition coefficient (Wildman–Crippen LogP) is 3.71. The van der Waals surface area contributed by atoms with Gasteiger partial charge in [0.2, 0.25) is 0 Å². The Labute approximate surface area is 130 Å². The van der Waals surface area contributed by atoms with Crippen LogP contribution in [0, 0.1) is 0 Å².